The van der Waals surface area contributed by atoms with Gasteiger partial charge in [0, 0.05) is 42.5 Å². The number of hydrogen-bond donors (Lipinski definition) is 0. The van der Waals surface area contributed by atoms with Crippen molar-refractivity contribution in [3.63, 3.8) is 0 Å². The molecule has 0 unspecified atom stereocenters. The second-order valence-electron chi connectivity index (χ2n) is 5.10. The number of carbonyl (C=O) groups is 1. The van der Waals surface area contributed by atoms with Crippen LogP contribution >= 0.6 is 15.9 Å². The van der Waals surface area contributed by atoms with Gasteiger partial charge in [-0.2, -0.15) is 0 Å². The lowest BCUT2D eigenvalue weighted by atomic mass is 9.96. The zero-order valence-corrected chi connectivity index (χ0v) is 13.1. The van der Waals surface area contributed by atoms with Gasteiger partial charge in [0.05, 0.1) is 0 Å². The van der Waals surface area contributed by atoms with E-state index >= 15 is 0 Å². The number of ketones is 1. The van der Waals surface area contributed by atoms with Crippen molar-refractivity contribution in [2.75, 3.05) is 31.7 Å². The van der Waals surface area contributed by atoms with Gasteiger partial charge in [-0.05, 0) is 43.9 Å². The molecule has 0 radical (unpaired) electrons. The van der Waals surface area contributed by atoms with Crippen LogP contribution in [0.1, 0.15) is 30.1 Å². The monoisotopic (exact) mass is 325 g/mol. The van der Waals surface area contributed by atoms with Crippen molar-refractivity contribution < 1.29 is 9.53 Å². The Morgan fingerprint density at radius 2 is 2.11 bits per heavy atom. The minimum Gasteiger partial charge on any atom is -0.384 e. The number of piperidine rings is 1. The maximum Gasteiger partial charge on any atom is 0.161 e. The highest BCUT2D eigenvalue weighted by Crippen LogP contribution is 2.29. The van der Waals surface area contributed by atoms with Gasteiger partial charge in [0.2, 0.25) is 0 Å². The normalized spacial score (nSPS) is 16.7. The number of methoxy groups -OCH3 is 1. The van der Waals surface area contributed by atoms with Gasteiger partial charge >= 0.3 is 0 Å². The largest absolute Gasteiger partial charge is 0.384 e. The van der Waals surface area contributed by atoms with Crippen molar-refractivity contribution in [1.82, 2.24) is 0 Å². The van der Waals surface area contributed by atoms with E-state index in [1.54, 1.807) is 14.0 Å². The van der Waals surface area contributed by atoms with E-state index in [-0.39, 0.29) is 5.78 Å². The number of anilines is 1. The fourth-order valence-corrected chi connectivity index (χ4v) is 3.00. The van der Waals surface area contributed by atoms with Crippen LogP contribution in [0.3, 0.4) is 0 Å². The molecule has 2 rings (SSSR count). The number of nitrogens with zero attached hydrogens (tertiary/aromatic N) is 1. The number of rotatable bonds is 4. The zero-order chi connectivity index (χ0) is 13.8. The molecule has 1 heterocycles. The van der Waals surface area contributed by atoms with Gasteiger partial charge < -0.3 is 9.64 Å². The fourth-order valence-electron chi connectivity index (χ4n) is 2.64. The van der Waals surface area contributed by atoms with E-state index in [1.807, 2.05) is 18.2 Å². The van der Waals surface area contributed by atoms with Crippen molar-refractivity contribution in [3.05, 3.63) is 28.2 Å². The summed E-state index contributed by atoms with van der Waals surface area (Å²) in [6, 6.07) is 5.96. The van der Waals surface area contributed by atoms with Crippen molar-refractivity contribution in [1.29, 1.82) is 0 Å². The van der Waals surface area contributed by atoms with Crippen LogP contribution in [0.25, 0.3) is 0 Å². The summed E-state index contributed by atoms with van der Waals surface area (Å²) in [5.41, 5.74) is 1.87. The standard InChI is InChI=1S/C15H20BrNO2/c1-11(18)14-9-13(16)3-4-15(14)17-7-5-12(6-8-17)10-19-2/h3-4,9,12H,5-8,10H2,1-2H3. The maximum absolute atomic E-state index is 11.8. The van der Waals surface area contributed by atoms with Crippen molar-refractivity contribution in [3.8, 4) is 0 Å². The van der Waals surface area contributed by atoms with Gasteiger partial charge in [-0.3, -0.25) is 4.79 Å². The Morgan fingerprint density at radius 1 is 1.42 bits per heavy atom. The van der Waals surface area contributed by atoms with Gasteiger partial charge in [-0.1, -0.05) is 15.9 Å². The molecule has 1 fully saturated rings. The van der Waals surface area contributed by atoms with Crippen LogP contribution < -0.4 is 4.90 Å². The Morgan fingerprint density at radius 3 is 2.68 bits per heavy atom. The van der Waals surface area contributed by atoms with Crippen molar-refractivity contribution >= 4 is 27.4 Å². The Labute approximate surface area is 123 Å². The Balaban J connectivity index is 2.13. The smallest absolute Gasteiger partial charge is 0.161 e. The lowest BCUT2D eigenvalue weighted by molar-refractivity contribution is 0.101. The molecule has 0 spiro atoms. The van der Waals surface area contributed by atoms with Crippen LogP contribution in [0.5, 0.6) is 0 Å². The molecule has 0 aliphatic carbocycles. The fraction of sp³-hybridized carbons (Fsp3) is 0.533. The van der Waals surface area contributed by atoms with E-state index in [2.05, 4.69) is 20.8 Å². The molecular formula is C15H20BrNO2. The van der Waals surface area contributed by atoms with Crippen LogP contribution in [0.15, 0.2) is 22.7 Å². The molecule has 0 amide bonds. The summed E-state index contributed by atoms with van der Waals surface area (Å²) in [6.07, 6.45) is 2.25. The number of benzene rings is 1. The first-order chi connectivity index (χ1) is 9.11. The Hall–Kier alpha value is -0.870. The van der Waals surface area contributed by atoms with Crippen LogP contribution in [-0.2, 0) is 4.74 Å². The Bertz CT molecular complexity index is 453. The SMILES string of the molecule is COCC1CCN(c2ccc(Br)cc2C(C)=O)CC1. The van der Waals surface area contributed by atoms with Gasteiger partial charge in [-0.15, -0.1) is 0 Å². The molecule has 1 aromatic rings. The third-order valence-electron chi connectivity index (χ3n) is 3.70. The van der Waals surface area contributed by atoms with E-state index in [9.17, 15) is 4.79 Å². The second-order valence-corrected chi connectivity index (χ2v) is 6.02. The van der Waals surface area contributed by atoms with Gasteiger partial charge in [-0.25, -0.2) is 0 Å². The van der Waals surface area contributed by atoms with Gasteiger partial charge in [0.1, 0.15) is 0 Å². The predicted molar refractivity (Wildman–Crippen MR) is 81.0 cm³/mol. The average molecular weight is 326 g/mol. The molecule has 1 saturated heterocycles. The number of carbonyl (C=O) groups excluding carboxylic acids is 1. The number of halogens is 1. The number of hydrogen-bond acceptors (Lipinski definition) is 3. The summed E-state index contributed by atoms with van der Waals surface area (Å²) in [5, 5.41) is 0. The summed E-state index contributed by atoms with van der Waals surface area (Å²) < 4.78 is 6.18. The van der Waals surface area contributed by atoms with Crippen molar-refractivity contribution in [2.45, 2.75) is 19.8 Å². The molecule has 1 aliphatic heterocycles. The average Bonchev–Trinajstić information content (AvgIpc) is 2.40. The molecule has 19 heavy (non-hydrogen) atoms. The van der Waals surface area contributed by atoms with Gasteiger partial charge in [0.25, 0.3) is 0 Å². The van der Waals surface area contributed by atoms with Crippen LogP contribution in [-0.4, -0.2) is 32.6 Å². The summed E-state index contributed by atoms with van der Waals surface area (Å²) in [7, 11) is 1.76. The highest BCUT2D eigenvalue weighted by Gasteiger charge is 2.22. The van der Waals surface area contributed by atoms with E-state index in [1.165, 1.54) is 0 Å². The minimum absolute atomic E-state index is 0.121. The van der Waals surface area contributed by atoms with E-state index in [0.29, 0.717) is 5.92 Å². The summed E-state index contributed by atoms with van der Waals surface area (Å²) in [5.74, 6) is 0.771. The first-order valence-electron chi connectivity index (χ1n) is 6.66. The number of Topliss-reactive ketones (excluding diaryl/α,β-unsaturated/α-hetero) is 1. The lowest BCUT2D eigenvalue weighted by Crippen LogP contribution is -2.35. The molecule has 0 N–H and O–H groups in total. The van der Waals surface area contributed by atoms with Crippen LogP contribution in [0.2, 0.25) is 0 Å². The van der Waals surface area contributed by atoms with E-state index < -0.39 is 0 Å². The van der Waals surface area contributed by atoms with Gasteiger partial charge in [0.15, 0.2) is 5.78 Å². The molecule has 0 aromatic heterocycles. The first kappa shape index (κ1) is 14.5. The van der Waals surface area contributed by atoms with E-state index in [4.69, 9.17) is 4.74 Å². The molecule has 0 saturated carbocycles. The highest BCUT2D eigenvalue weighted by atomic mass is 79.9. The molecule has 1 aromatic carbocycles. The Kier molecular flexibility index (Phi) is 4.99. The predicted octanol–water partition coefficient (Wildman–Crippen LogP) is 3.51. The quantitative estimate of drug-likeness (QED) is 0.793. The molecule has 0 atom stereocenters. The third kappa shape index (κ3) is 3.57. The third-order valence-corrected chi connectivity index (χ3v) is 4.19. The molecule has 104 valence electrons. The lowest BCUT2D eigenvalue weighted by Gasteiger charge is -2.34. The zero-order valence-electron chi connectivity index (χ0n) is 11.5. The molecule has 0 bridgehead atoms. The first-order valence-corrected chi connectivity index (χ1v) is 7.45. The summed E-state index contributed by atoms with van der Waals surface area (Å²) >= 11 is 3.43. The minimum atomic E-state index is 0.121. The summed E-state index contributed by atoms with van der Waals surface area (Å²) in [4.78, 5) is 14.1. The molecular weight excluding hydrogens is 306 g/mol. The summed E-state index contributed by atoms with van der Waals surface area (Å²) in [6.45, 7) is 4.46. The highest BCUT2D eigenvalue weighted by molar-refractivity contribution is 9.10. The number of ether oxygens (including phenoxy) is 1. The van der Waals surface area contributed by atoms with Crippen LogP contribution in [0.4, 0.5) is 5.69 Å². The van der Waals surface area contributed by atoms with E-state index in [0.717, 1.165) is 48.3 Å². The topological polar surface area (TPSA) is 29.5 Å². The molecule has 3 nitrogen and oxygen atoms in total. The maximum atomic E-state index is 11.8. The second kappa shape index (κ2) is 6.53. The van der Waals surface area contributed by atoms with Crippen molar-refractivity contribution in [2.24, 2.45) is 5.92 Å². The van der Waals surface area contributed by atoms with Crippen LogP contribution in [0, 0.1) is 5.92 Å². The molecule has 4 heteroatoms. The molecule has 1 aliphatic rings.